The summed E-state index contributed by atoms with van der Waals surface area (Å²) in [6, 6.07) is 16.5. The number of anilines is 1. The van der Waals surface area contributed by atoms with Gasteiger partial charge in [0.1, 0.15) is 0 Å². The largest absolute Gasteiger partial charge is 0.310 e. The van der Waals surface area contributed by atoms with Crippen LogP contribution in [0.25, 0.3) is 0 Å². The quantitative estimate of drug-likeness (QED) is 0.676. The molecule has 0 bridgehead atoms. The molecule has 1 saturated carbocycles. The average molecular weight is 387 g/mol. The second-order valence-electron chi connectivity index (χ2n) is 7.60. The van der Waals surface area contributed by atoms with Crippen LogP contribution in [0.15, 0.2) is 59.5 Å². The predicted molar refractivity (Wildman–Crippen MR) is 111 cm³/mol. The molecule has 5 heteroatoms. The molecule has 146 valence electrons. The van der Waals surface area contributed by atoms with Gasteiger partial charge in [0.25, 0.3) is 10.0 Å². The van der Waals surface area contributed by atoms with Gasteiger partial charge in [-0.25, -0.2) is 8.42 Å². The molecule has 0 saturated heterocycles. The van der Waals surface area contributed by atoms with E-state index in [9.17, 15) is 8.42 Å². The standard InChI is InChI=1S/C22H30N2O2S/c1-18(16-19-10-4-2-5-11-19)23-17-20-12-8-9-15-22(20)24-27(25,26)21-13-6-3-7-14-21/h3,6-9,12-15,18-19,23-24H,2,4-5,10-11,16-17H2,1H3/t18-/m0/s1. The Morgan fingerprint density at radius 2 is 1.63 bits per heavy atom. The highest BCUT2D eigenvalue weighted by molar-refractivity contribution is 7.92. The van der Waals surface area contributed by atoms with Crippen molar-refractivity contribution in [1.29, 1.82) is 0 Å². The summed E-state index contributed by atoms with van der Waals surface area (Å²) in [5.74, 6) is 0.827. The molecule has 0 unspecified atom stereocenters. The Bertz CT molecular complexity index is 815. The highest BCUT2D eigenvalue weighted by atomic mass is 32.2. The summed E-state index contributed by atoms with van der Waals surface area (Å²) in [4.78, 5) is 0.276. The lowest BCUT2D eigenvalue weighted by atomic mass is 9.85. The number of hydrogen-bond donors (Lipinski definition) is 2. The zero-order valence-corrected chi connectivity index (χ0v) is 16.8. The van der Waals surface area contributed by atoms with Crippen molar-refractivity contribution in [3.05, 3.63) is 60.2 Å². The molecular weight excluding hydrogens is 356 g/mol. The summed E-state index contributed by atoms with van der Waals surface area (Å²) in [7, 11) is -3.57. The predicted octanol–water partition coefficient (Wildman–Crippen LogP) is 4.94. The molecule has 0 spiro atoms. The second kappa shape index (κ2) is 9.38. The zero-order valence-electron chi connectivity index (χ0n) is 16.0. The van der Waals surface area contributed by atoms with E-state index in [1.54, 1.807) is 24.3 Å². The molecule has 2 N–H and O–H groups in total. The third-order valence-electron chi connectivity index (χ3n) is 5.37. The van der Waals surface area contributed by atoms with Crippen LogP contribution < -0.4 is 10.0 Å². The van der Waals surface area contributed by atoms with Gasteiger partial charge in [0.05, 0.1) is 10.6 Å². The lowest BCUT2D eigenvalue weighted by molar-refractivity contribution is 0.305. The van der Waals surface area contributed by atoms with E-state index < -0.39 is 10.0 Å². The minimum Gasteiger partial charge on any atom is -0.310 e. The van der Waals surface area contributed by atoms with Gasteiger partial charge >= 0.3 is 0 Å². The molecule has 1 fully saturated rings. The van der Waals surface area contributed by atoms with Gasteiger partial charge in [-0.15, -0.1) is 0 Å². The summed E-state index contributed by atoms with van der Waals surface area (Å²) >= 11 is 0. The Kier molecular flexibility index (Phi) is 6.91. The summed E-state index contributed by atoms with van der Waals surface area (Å²) in [6.45, 7) is 2.88. The molecular formula is C22H30N2O2S. The van der Waals surface area contributed by atoms with E-state index in [0.717, 1.165) is 11.5 Å². The van der Waals surface area contributed by atoms with Gasteiger partial charge < -0.3 is 5.32 Å². The Labute approximate surface area is 163 Å². The average Bonchev–Trinajstić information content (AvgIpc) is 2.68. The van der Waals surface area contributed by atoms with Crippen LogP contribution in [-0.4, -0.2) is 14.5 Å². The summed E-state index contributed by atoms with van der Waals surface area (Å²) < 4.78 is 28.0. The highest BCUT2D eigenvalue weighted by Crippen LogP contribution is 2.27. The maximum Gasteiger partial charge on any atom is 0.261 e. The third kappa shape index (κ3) is 5.81. The number of rotatable bonds is 8. The molecule has 0 heterocycles. The van der Waals surface area contributed by atoms with E-state index in [2.05, 4.69) is 17.0 Å². The minimum atomic E-state index is -3.57. The van der Waals surface area contributed by atoms with E-state index >= 15 is 0 Å². The van der Waals surface area contributed by atoms with Gasteiger partial charge in [0.2, 0.25) is 0 Å². The number of benzene rings is 2. The first-order valence-corrected chi connectivity index (χ1v) is 11.4. The number of para-hydroxylation sites is 1. The summed E-state index contributed by atoms with van der Waals surface area (Å²) in [5.41, 5.74) is 1.60. The first-order valence-electron chi connectivity index (χ1n) is 9.94. The van der Waals surface area contributed by atoms with E-state index in [-0.39, 0.29) is 4.90 Å². The van der Waals surface area contributed by atoms with E-state index in [1.165, 1.54) is 38.5 Å². The number of nitrogens with one attached hydrogen (secondary N) is 2. The van der Waals surface area contributed by atoms with Gasteiger partial charge in [-0.05, 0) is 43.0 Å². The fourth-order valence-corrected chi connectivity index (χ4v) is 4.99. The van der Waals surface area contributed by atoms with Gasteiger partial charge in [0, 0.05) is 12.6 Å². The van der Waals surface area contributed by atoms with Crippen molar-refractivity contribution in [2.24, 2.45) is 5.92 Å². The van der Waals surface area contributed by atoms with Gasteiger partial charge in [-0.1, -0.05) is 68.5 Å². The second-order valence-corrected chi connectivity index (χ2v) is 9.28. The SMILES string of the molecule is C[C@@H](CC1CCCCC1)NCc1ccccc1NS(=O)(=O)c1ccccc1. The van der Waals surface area contributed by atoms with E-state index in [0.29, 0.717) is 18.3 Å². The molecule has 1 atom stereocenters. The Balaban J connectivity index is 1.62. The zero-order chi connectivity index (χ0) is 19.1. The van der Waals surface area contributed by atoms with Crippen LogP contribution in [0.4, 0.5) is 5.69 Å². The van der Waals surface area contributed by atoms with Crippen LogP contribution in [0, 0.1) is 5.92 Å². The number of sulfonamides is 1. The van der Waals surface area contributed by atoms with Crippen LogP contribution in [0.5, 0.6) is 0 Å². The van der Waals surface area contributed by atoms with Crippen molar-refractivity contribution in [3.63, 3.8) is 0 Å². The molecule has 27 heavy (non-hydrogen) atoms. The maximum absolute atomic E-state index is 12.6. The fourth-order valence-electron chi connectivity index (χ4n) is 3.87. The van der Waals surface area contributed by atoms with Gasteiger partial charge in [0.15, 0.2) is 0 Å². The monoisotopic (exact) mass is 386 g/mol. The lowest BCUT2D eigenvalue weighted by Gasteiger charge is -2.25. The van der Waals surface area contributed by atoms with Crippen molar-refractivity contribution in [2.45, 2.75) is 62.9 Å². The molecule has 3 rings (SSSR count). The van der Waals surface area contributed by atoms with Gasteiger partial charge in [-0.2, -0.15) is 0 Å². The molecule has 0 amide bonds. The van der Waals surface area contributed by atoms with Crippen molar-refractivity contribution < 1.29 is 8.42 Å². The first-order chi connectivity index (χ1) is 13.0. The van der Waals surface area contributed by atoms with Crippen molar-refractivity contribution in [3.8, 4) is 0 Å². The Morgan fingerprint density at radius 3 is 2.37 bits per heavy atom. The molecule has 1 aliphatic rings. The van der Waals surface area contributed by atoms with Crippen molar-refractivity contribution in [1.82, 2.24) is 5.32 Å². The summed E-state index contributed by atoms with van der Waals surface area (Å²) in [6.07, 6.45) is 7.99. The minimum absolute atomic E-state index is 0.276. The topological polar surface area (TPSA) is 58.2 Å². The maximum atomic E-state index is 12.6. The van der Waals surface area contributed by atoms with Crippen molar-refractivity contribution >= 4 is 15.7 Å². The lowest BCUT2D eigenvalue weighted by Crippen LogP contribution is -2.29. The van der Waals surface area contributed by atoms with Gasteiger partial charge in [-0.3, -0.25) is 4.72 Å². The molecule has 0 aromatic heterocycles. The first kappa shape index (κ1) is 19.9. The molecule has 1 aliphatic carbocycles. The smallest absolute Gasteiger partial charge is 0.261 e. The normalized spacial score (nSPS) is 16.8. The van der Waals surface area contributed by atoms with Crippen LogP contribution >= 0.6 is 0 Å². The number of hydrogen-bond acceptors (Lipinski definition) is 3. The fraction of sp³-hybridized carbons (Fsp3) is 0.455. The molecule has 0 aliphatic heterocycles. The summed E-state index contributed by atoms with van der Waals surface area (Å²) in [5, 5.41) is 3.58. The Morgan fingerprint density at radius 1 is 0.963 bits per heavy atom. The third-order valence-corrected chi connectivity index (χ3v) is 6.75. The van der Waals surface area contributed by atoms with Crippen LogP contribution in [0.3, 0.4) is 0 Å². The van der Waals surface area contributed by atoms with Crippen molar-refractivity contribution in [2.75, 3.05) is 4.72 Å². The van der Waals surface area contributed by atoms with Crippen LogP contribution in [0.2, 0.25) is 0 Å². The van der Waals surface area contributed by atoms with Crippen LogP contribution in [0.1, 0.15) is 51.0 Å². The molecule has 0 radical (unpaired) electrons. The highest BCUT2D eigenvalue weighted by Gasteiger charge is 2.18. The Hall–Kier alpha value is -1.85. The van der Waals surface area contributed by atoms with E-state index in [4.69, 9.17) is 0 Å². The molecule has 4 nitrogen and oxygen atoms in total. The van der Waals surface area contributed by atoms with E-state index in [1.807, 2.05) is 30.3 Å². The molecule has 2 aromatic carbocycles. The van der Waals surface area contributed by atoms with Crippen LogP contribution in [-0.2, 0) is 16.6 Å². The molecule has 2 aromatic rings.